The molecule has 1 atom stereocenters. The maximum absolute atomic E-state index is 12.2. The Morgan fingerprint density at radius 1 is 1.26 bits per heavy atom. The van der Waals surface area contributed by atoms with E-state index in [1.54, 1.807) is 6.07 Å². The van der Waals surface area contributed by atoms with Crippen LogP contribution in [0.2, 0.25) is 0 Å². The van der Waals surface area contributed by atoms with E-state index in [1.165, 1.54) is 12.1 Å². The van der Waals surface area contributed by atoms with Gasteiger partial charge in [-0.1, -0.05) is 37.3 Å². The largest absolute Gasteiger partial charge is 0.455 e. The van der Waals surface area contributed by atoms with Gasteiger partial charge < -0.3 is 10.1 Å². The van der Waals surface area contributed by atoms with Gasteiger partial charge >= 0.3 is 5.97 Å². The molecule has 0 unspecified atom stereocenters. The molecule has 138 valence electrons. The molecule has 0 fully saturated rings. The number of nitrogens with zero attached hydrogens (tertiary/aromatic N) is 2. The Morgan fingerprint density at radius 3 is 2.56 bits per heavy atom. The zero-order valence-electron chi connectivity index (χ0n) is 14.5. The van der Waals surface area contributed by atoms with Crippen LogP contribution in [0.25, 0.3) is 0 Å². The number of esters is 1. The molecule has 0 saturated carbocycles. The predicted octanol–water partition coefficient (Wildman–Crippen LogP) is 3.14. The average Bonchev–Trinajstić information content (AvgIpc) is 2.68. The first-order chi connectivity index (χ1) is 13.0. The third kappa shape index (κ3) is 5.12. The van der Waals surface area contributed by atoms with Gasteiger partial charge in [-0.2, -0.15) is 5.26 Å². The number of ether oxygens (including phenoxy) is 1. The molecule has 0 bridgehead atoms. The highest BCUT2D eigenvalue weighted by atomic mass is 16.6. The number of nitro benzene ring substituents is 1. The van der Waals surface area contributed by atoms with E-state index in [9.17, 15) is 19.7 Å². The van der Waals surface area contributed by atoms with Gasteiger partial charge in [-0.3, -0.25) is 19.7 Å². The molecule has 27 heavy (non-hydrogen) atoms. The number of nitro groups is 1. The topological polar surface area (TPSA) is 122 Å². The van der Waals surface area contributed by atoms with Crippen molar-refractivity contribution < 1.29 is 19.2 Å². The summed E-state index contributed by atoms with van der Waals surface area (Å²) in [5.74, 6) is -1.65. The number of benzene rings is 2. The first kappa shape index (κ1) is 19.6. The van der Waals surface area contributed by atoms with E-state index < -0.39 is 29.3 Å². The molecule has 2 aromatic rings. The van der Waals surface area contributed by atoms with Gasteiger partial charge in [-0.15, -0.1) is 0 Å². The number of amides is 1. The lowest BCUT2D eigenvalue weighted by Crippen LogP contribution is -2.24. The Morgan fingerprint density at radius 2 is 1.96 bits per heavy atom. The summed E-state index contributed by atoms with van der Waals surface area (Å²) in [7, 11) is 0. The zero-order valence-corrected chi connectivity index (χ0v) is 14.5. The molecule has 1 N–H and O–H groups in total. The van der Waals surface area contributed by atoms with Crippen LogP contribution >= 0.6 is 0 Å². The van der Waals surface area contributed by atoms with Gasteiger partial charge in [-0.25, -0.2) is 0 Å². The molecule has 8 nitrogen and oxygen atoms in total. The molecule has 8 heteroatoms. The molecule has 0 aromatic heterocycles. The monoisotopic (exact) mass is 367 g/mol. The van der Waals surface area contributed by atoms with E-state index in [4.69, 9.17) is 10.00 Å². The Bertz CT molecular complexity index is 890. The van der Waals surface area contributed by atoms with Crippen LogP contribution in [0.1, 0.15) is 30.4 Å². The number of hydrogen-bond acceptors (Lipinski definition) is 6. The number of carbonyl (C=O) groups is 2. The summed E-state index contributed by atoms with van der Waals surface area (Å²) < 4.78 is 5.08. The maximum atomic E-state index is 12.2. The van der Waals surface area contributed by atoms with Crippen LogP contribution in [0, 0.1) is 21.4 Å². The fourth-order valence-electron chi connectivity index (χ4n) is 2.49. The highest BCUT2D eigenvalue weighted by Crippen LogP contribution is 2.22. The zero-order chi connectivity index (χ0) is 19.8. The number of nitrogens with one attached hydrogen (secondary N) is 1. The molecule has 0 aliphatic carbocycles. The van der Waals surface area contributed by atoms with Crippen molar-refractivity contribution in [2.45, 2.75) is 19.3 Å². The van der Waals surface area contributed by atoms with Gasteiger partial charge in [0, 0.05) is 12.1 Å². The van der Waals surface area contributed by atoms with Crippen molar-refractivity contribution in [3.8, 4) is 6.07 Å². The van der Waals surface area contributed by atoms with E-state index in [0.717, 1.165) is 11.6 Å². The van der Waals surface area contributed by atoms with Gasteiger partial charge in [0.05, 0.1) is 22.1 Å². The first-order valence-electron chi connectivity index (χ1n) is 8.16. The molecule has 0 heterocycles. The van der Waals surface area contributed by atoms with Gasteiger partial charge in [0.25, 0.3) is 11.6 Å². The van der Waals surface area contributed by atoms with Crippen molar-refractivity contribution in [1.29, 1.82) is 5.26 Å². The van der Waals surface area contributed by atoms with Crippen LogP contribution in [0.15, 0.2) is 48.5 Å². The van der Waals surface area contributed by atoms with Crippen molar-refractivity contribution in [2.24, 2.45) is 0 Å². The lowest BCUT2D eigenvalue weighted by atomic mass is 9.97. The summed E-state index contributed by atoms with van der Waals surface area (Å²) >= 11 is 0. The minimum atomic E-state index is -0.642. The lowest BCUT2D eigenvalue weighted by Gasteiger charge is -2.14. The van der Waals surface area contributed by atoms with E-state index in [2.05, 4.69) is 5.32 Å². The third-order valence-electron chi connectivity index (χ3n) is 3.85. The second-order valence-corrected chi connectivity index (χ2v) is 5.63. The Kier molecular flexibility index (Phi) is 6.61. The number of carbonyl (C=O) groups excluding carboxylic acids is 2. The summed E-state index contributed by atoms with van der Waals surface area (Å²) in [6, 6.07) is 14.4. The number of non-ortho nitro benzene ring substituents is 1. The normalized spacial score (nSPS) is 11.1. The van der Waals surface area contributed by atoms with Gasteiger partial charge in [0.15, 0.2) is 6.61 Å². The predicted molar refractivity (Wildman–Crippen MR) is 96.9 cm³/mol. The number of hydrogen-bond donors (Lipinski definition) is 1. The number of anilines is 1. The van der Waals surface area contributed by atoms with Gasteiger partial charge in [0.2, 0.25) is 0 Å². The standard InChI is InChI=1S/C19H17N3O5/c1-2-16(13-6-4-3-5-7-13)19(24)27-12-18(23)21-17-9-8-15(22(25)26)10-14(17)11-20/h3-10,16H,2,12H2,1H3,(H,21,23)/t16-/m0/s1. The molecule has 0 spiro atoms. The third-order valence-corrected chi connectivity index (χ3v) is 3.85. The highest BCUT2D eigenvalue weighted by Gasteiger charge is 2.21. The molecule has 0 radical (unpaired) electrons. The van der Waals surface area contributed by atoms with Crippen LogP contribution < -0.4 is 5.32 Å². The SMILES string of the molecule is CC[C@H](C(=O)OCC(=O)Nc1ccc([N+](=O)[O-])cc1C#N)c1ccccc1. The molecule has 2 aromatic carbocycles. The Balaban J connectivity index is 1.99. The fraction of sp³-hybridized carbons (Fsp3) is 0.211. The summed E-state index contributed by atoms with van der Waals surface area (Å²) in [6.45, 7) is 1.32. The molecular formula is C19H17N3O5. The van der Waals surface area contributed by atoms with Crippen molar-refractivity contribution >= 4 is 23.3 Å². The van der Waals surface area contributed by atoms with E-state index >= 15 is 0 Å². The smallest absolute Gasteiger partial charge is 0.313 e. The van der Waals surface area contributed by atoms with E-state index in [0.29, 0.717) is 6.42 Å². The molecular weight excluding hydrogens is 350 g/mol. The lowest BCUT2D eigenvalue weighted by molar-refractivity contribution is -0.384. The van der Waals surface area contributed by atoms with E-state index in [1.807, 2.05) is 37.3 Å². The second-order valence-electron chi connectivity index (χ2n) is 5.63. The van der Waals surface area contributed by atoms with Crippen LogP contribution in [0.3, 0.4) is 0 Å². The quantitative estimate of drug-likeness (QED) is 0.456. The van der Waals surface area contributed by atoms with Gasteiger partial charge in [0.1, 0.15) is 6.07 Å². The van der Waals surface area contributed by atoms with Crippen LogP contribution in [-0.4, -0.2) is 23.4 Å². The second kappa shape index (κ2) is 9.10. The van der Waals surface area contributed by atoms with Crippen LogP contribution in [-0.2, 0) is 14.3 Å². The minimum Gasteiger partial charge on any atom is -0.455 e. The van der Waals surface area contributed by atoms with Crippen LogP contribution in [0.5, 0.6) is 0 Å². The number of nitriles is 1. The Labute approximate surface area is 155 Å². The maximum Gasteiger partial charge on any atom is 0.313 e. The number of rotatable bonds is 7. The Hall–Kier alpha value is -3.73. The summed E-state index contributed by atoms with van der Waals surface area (Å²) in [5.41, 5.74) is 0.594. The fourth-order valence-corrected chi connectivity index (χ4v) is 2.49. The van der Waals surface area contributed by atoms with Crippen molar-refractivity contribution in [3.63, 3.8) is 0 Å². The average molecular weight is 367 g/mol. The molecule has 0 aliphatic rings. The van der Waals surface area contributed by atoms with Gasteiger partial charge in [-0.05, 0) is 18.1 Å². The van der Waals surface area contributed by atoms with Crippen LogP contribution in [0.4, 0.5) is 11.4 Å². The van der Waals surface area contributed by atoms with Crippen molar-refractivity contribution in [3.05, 3.63) is 69.8 Å². The minimum absolute atomic E-state index is 0.0559. The summed E-state index contributed by atoms with van der Waals surface area (Å²) in [6.07, 6.45) is 0.519. The highest BCUT2D eigenvalue weighted by molar-refractivity contribution is 5.94. The first-order valence-corrected chi connectivity index (χ1v) is 8.16. The van der Waals surface area contributed by atoms with Crippen molar-refractivity contribution in [2.75, 3.05) is 11.9 Å². The van der Waals surface area contributed by atoms with Crippen molar-refractivity contribution in [1.82, 2.24) is 0 Å². The molecule has 0 aliphatic heterocycles. The van der Waals surface area contributed by atoms with E-state index in [-0.39, 0.29) is 16.9 Å². The summed E-state index contributed by atoms with van der Waals surface area (Å²) in [5, 5.41) is 22.2. The molecule has 2 rings (SSSR count). The summed E-state index contributed by atoms with van der Waals surface area (Å²) in [4.78, 5) is 34.4. The molecule has 0 saturated heterocycles. The molecule has 1 amide bonds.